The first kappa shape index (κ1) is 13.1. The van der Waals surface area contributed by atoms with Gasteiger partial charge in [-0.05, 0) is 17.0 Å². The molecular formula is C15H21NO2. The number of carbonyl (C=O) groups excluding carboxylic acids is 1. The van der Waals surface area contributed by atoms with Gasteiger partial charge in [0.15, 0.2) is 0 Å². The molecular weight excluding hydrogens is 226 g/mol. The first-order valence-corrected chi connectivity index (χ1v) is 6.57. The number of hydrogen-bond acceptors (Lipinski definition) is 2. The Labute approximate surface area is 108 Å². The zero-order valence-corrected chi connectivity index (χ0v) is 11.2. The fourth-order valence-corrected chi connectivity index (χ4v) is 2.34. The second-order valence-electron chi connectivity index (χ2n) is 5.49. The molecule has 2 rings (SSSR count). The van der Waals surface area contributed by atoms with Gasteiger partial charge in [-0.2, -0.15) is 0 Å². The molecule has 0 saturated carbocycles. The summed E-state index contributed by atoms with van der Waals surface area (Å²) in [5.41, 5.74) is 2.18. The molecule has 1 aromatic carbocycles. The maximum Gasteiger partial charge on any atom is 0.223 e. The van der Waals surface area contributed by atoms with Crippen molar-refractivity contribution in [2.75, 3.05) is 0 Å². The van der Waals surface area contributed by atoms with Gasteiger partial charge in [-0.1, -0.05) is 45.0 Å². The summed E-state index contributed by atoms with van der Waals surface area (Å²) in [6, 6.07) is 7.65. The van der Waals surface area contributed by atoms with Crippen molar-refractivity contribution in [3.63, 3.8) is 0 Å². The Morgan fingerprint density at radius 3 is 2.67 bits per heavy atom. The standard InChI is InChI=1S/C15H21NO2/c1-9(2)10(3)15(18)16-14-12-7-5-4-6-11(12)8-13(14)17/h4-7,9-10,13-14,17H,8H2,1-3H3,(H,16,18). The largest absolute Gasteiger partial charge is 0.390 e. The first-order chi connectivity index (χ1) is 8.50. The Bertz CT molecular complexity index is 442. The van der Waals surface area contributed by atoms with E-state index in [4.69, 9.17) is 0 Å². The predicted octanol–water partition coefficient (Wildman–Crippen LogP) is 2.05. The highest BCUT2D eigenvalue weighted by Crippen LogP contribution is 2.31. The first-order valence-electron chi connectivity index (χ1n) is 6.57. The average Bonchev–Trinajstić information content (AvgIpc) is 2.65. The van der Waals surface area contributed by atoms with Gasteiger partial charge in [0.05, 0.1) is 12.1 Å². The van der Waals surface area contributed by atoms with Crippen molar-refractivity contribution in [3.8, 4) is 0 Å². The fraction of sp³-hybridized carbons (Fsp3) is 0.533. The van der Waals surface area contributed by atoms with E-state index in [0.29, 0.717) is 12.3 Å². The average molecular weight is 247 g/mol. The van der Waals surface area contributed by atoms with Crippen molar-refractivity contribution in [1.29, 1.82) is 0 Å². The number of nitrogens with one attached hydrogen (secondary N) is 1. The minimum atomic E-state index is -0.509. The van der Waals surface area contributed by atoms with Crippen LogP contribution in [-0.2, 0) is 11.2 Å². The zero-order valence-electron chi connectivity index (χ0n) is 11.2. The van der Waals surface area contributed by atoms with Gasteiger partial charge in [-0.3, -0.25) is 4.79 Å². The lowest BCUT2D eigenvalue weighted by Gasteiger charge is -2.22. The lowest BCUT2D eigenvalue weighted by atomic mass is 9.96. The smallest absolute Gasteiger partial charge is 0.223 e. The molecule has 0 saturated heterocycles. The van der Waals surface area contributed by atoms with Crippen molar-refractivity contribution < 1.29 is 9.90 Å². The monoisotopic (exact) mass is 247 g/mol. The van der Waals surface area contributed by atoms with E-state index in [2.05, 4.69) is 5.32 Å². The molecule has 18 heavy (non-hydrogen) atoms. The highest BCUT2D eigenvalue weighted by atomic mass is 16.3. The second-order valence-corrected chi connectivity index (χ2v) is 5.49. The van der Waals surface area contributed by atoms with E-state index in [1.807, 2.05) is 45.0 Å². The minimum Gasteiger partial charge on any atom is -0.390 e. The Morgan fingerprint density at radius 2 is 2.00 bits per heavy atom. The molecule has 0 bridgehead atoms. The molecule has 0 heterocycles. The number of amides is 1. The van der Waals surface area contributed by atoms with Crippen LogP contribution in [0.5, 0.6) is 0 Å². The molecule has 1 amide bonds. The summed E-state index contributed by atoms with van der Waals surface area (Å²) in [5, 5.41) is 13.0. The summed E-state index contributed by atoms with van der Waals surface area (Å²) < 4.78 is 0. The van der Waals surface area contributed by atoms with Gasteiger partial charge in [0.25, 0.3) is 0 Å². The number of aliphatic hydroxyl groups is 1. The Hall–Kier alpha value is -1.35. The summed E-state index contributed by atoms with van der Waals surface area (Å²) in [4.78, 5) is 12.1. The van der Waals surface area contributed by atoms with E-state index in [-0.39, 0.29) is 17.9 Å². The van der Waals surface area contributed by atoms with E-state index >= 15 is 0 Å². The molecule has 1 aromatic rings. The predicted molar refractivity (Wildman–Crippen MR) is 71.0 cm³/mol. The molecule has 3 atom stereocenters. The van der Waals surface area contributed by atoms with Crippen molar-refractivity contribution in [3.05, 3.63) is 35.4 Å². The Balaban J connectivity index is 2.13. The van der Waals surface area contributed by atoms with Crippen LogP contribution < -0.4 is 5.32 Å². The van der Waals surface area contributed by atoms with Gasteiger partial charge in [0, 0.05) is 12.3 Å². The second kappa shape index (κ2) is 5.11. The SMILES string of the molecule is CC(C)C(C)C(=O)NC1c2ccccc2CC1O. The molecule has 0 fully saturated rings. The van der Waals surface area contributed by atoms with Crippen molar-refractivity contribution in [1.82, 2.24) is 5.32 Å². The molecule has 0 radical (unpaired) electrons. The quantitative estimate of drug-likeness (QED) is 0.859. The topological polar surface area (TPSA) is 49.3 Å². The summed E-state index contributed by atoms with van der Waals surface area (Å²) in [7, 11) is 0. The van der Waals surface area contributed by atoms with Gasteiger partial charge in [-0.15, -0.1) is 0 Å². The summed E-state index contributed by atoms with van der Waals surface area (Å²) in [5.74, 6) is 0.287. The Morgan fingerprint density at radius 1 is 1.33 bits per heavy atom. The third-order valence-corrected chi connectivity index (χ3v) is 3.92. The van der Waals surface area contributed by atoms with E-state index in [1.54, 1.807) is 0 Å². The summed E-state index contributed by atoms with van der Waals surface area (Å²) in [6.45, 7) is 5.99. The fourth-order valence-electron chi connectivity index (χ4n) is 2.34. The van der Waals surface area contributed by atoms with Crippen LogP contribution in [0.1, 0.15) is 37.9 Å². The third-order valence-electron chi connectivity index (χ3n) is 3.92. The third kappa shape index (κ3) is 2.41. The van der Waals surface area contributed by atoms with Crippen LogP contribution in [0.25, 0.3) is 0 Å². The van der Waals surface area contributed by atoms with Gasteiger partial charge < -0.3 is 10.4 Å². The molecule has 0 aliphatic heterocycles. The Kier molecular flexibility index (Phi) is 3.71. The van der Waals surface area contributed by atoms with E-state index in [0.717, 1.165) is 11.1 Å². The molecule has 98 valence electrons. The molecule has 0 aromatic heterocycles. The van der Waals surface area contributed by atoms with Gasteiger partial charge >= 0.3 is 0 Å². The molecule has 2 N–H and O–H groups in total. The number of fused-ring (bicyclic) bond motifs is 1. The minimum absolute atomic E-state index is 0.0192. The number of carbonyl (C=O) groups is 1. The van der Waals surface area contributed by atoms with Crippen LogP contribution in [0.15, 0.2) is 24.3 Å². The van der Waals surface area contributed by atoms with Crippen LogP contribution >= 0.6 is 0 Å². The molecule has 1 aliphatic rings. The molecule has 0 spiro atoms. The number of hydrogen-bond donors (Lipinski definition) is 2. The van der Waals surface area contributed by atoms with Crippen LogP contribution in [0.4, 0.5) is 0 Å². The summed E-state index contributed by atoms with van der Waals surface area (Å²) >= 11 is 0. The maximum absolute atomic E-state index is 12.1. The van der Waals surface area contributed by atoms with E-state index in [9.17, 15) is 9.90 Å². The highest BCUT2D eigenvalue weighted by Gasteiger charge is 2.33. The van der Waals surface area contributed by atoms with Crippen LogP contribution in [0.2, 0.25) is 0 Å². The summed E-state index contributed by atoms with van der Waals surface area (Å²) in [6.07, 6.45) is 0.114. The molecule has 1 aliphatic carbocycles. The van der Waals surface area contributed by atoms with Gasteiger partial charge in [0.2, 0.25) is 5.91 Å². The van der Waals surface area contributed by atoms with Gasteiger partial charge in [-0.25, -0.2) is 0 Å². The van der Waals surface area contributed by atoms with Gasteiger partial charge in [0.1, 0.15) is 0 Å². The molecule has 3 nitrogen and oxygen atoms in total. The maximum atomic E-state index is 12.1. The van der Waals surface area contributed by atoms with Crippen molar-refractivity contribution >= 4 is 5.91 Å². The van der Waals surface area contributed by atoms with E-state index in [1.165, 1.54) is 0 Å². The lowest BCUT2D eigenvalue weighted by molar-refractivity contribution is -0.127. The number of aliphatic hydroxyl groups excluding tert-OH is 1. The number of benzene rings is 1. The highest BCUT2D eigenvalue weighted by molar-refractivity contribution is 5.79. The van der Waals surface area contributed by atoms with Crippen LogP contribution in [0, 0.1) is 11.8 Å². The zero-order chi connectivity index (χ0) is 13.3. The molecule has 3 heteroatoms. The van der Waals surface area contributed by atoms with E-state index < -0.39 is 6.10 Å². The van der Waals surface area contributed by atoms with Crippen molar-refractivity contribution in [2.45, 2.75) is 39.3 Å². The molecule has 3 unspecified atom stereocenters. The number of rotatable bonds is 3. The van der Waals surface area contributed by atoms with Crippen molar-refractivity contribution in [2.24, 2.45) is 11.8 Å². The normalized spacial score (nSPS) is 23.8. The van der Waals surface area contributed by atoms with Crippen LogP contribution in [-0.4, -0.2) is 17.1 Å². The van der Waals surface area contributed by atoms with Crippen LogP contribution in [0.3, 0.4) is 0 Å². The lowest BCUT2D eigenvalue weighted by Crippen LogP contribution is -2.38.